The van der Waals surface area contributed by atoms with Gasteiger partial charge in [-0.2, -0.15) is 0 Å². The fraction of sp³-hybridized carbons (Fsp3) is 0.333. The van der Waals surface area contributed by atoms with Gasteiger partial charge in [-0.25, -0.2) is 14.4 Å². The highest BCUT2D eigenvalue weighted by Gasteiger charge is 2.41. The SMILES string of the molecule is [CH2][C@@H]1C[C@@H](Nc2ncncc2C(=O)c2cc(CC)n(Cc3cccc(Br)c3)c2)[C@@H](F)[C@@H]1O. The number of ketones is 1. The van der Waals surface area contributed by atoms with E-state index in [9.17, 15) is 14.3 Å². The lowest BCUT2D eigenvalue weighted by atomic mass is 10.1. The highest BCUT2D eigenvalue weighted by Crippen LogP contribution is 2.31. The van der Waals surface area contributed by atoms with Crippen molar-refractivity contribution in [1.82, 2.24) is 14.5 Å². The Labute approximate surface area is 195 Å². The van der Waals surface area contributed by atoms with Crippen molar-refractivity contribution in [2.45, 2.75) is 44.6 Å². The van der Waals surface area contributed by atoms with Crippen LogP contribution in [0.15, 0.2) is 53.5 Å². The van der Waals surface area contributed by atoms with Gasteiger partial charge in [0.25, 0.3) is 0 Å². The third kappa shape index (κ3) is 4.61. The first-order valence-corrected chi connectivity index (χ1v) is 11.4. The molecule has 0 aliphatic heterocycles. The first kappa shape index (κ1) is 22.6. The monoisotopic (exact) mass is 499 g/mol. The number of hydrogen-bond acceptors (Lipinski definition) is 5. The molecule has 4 rings (SSSR count). The molecule has 8 heteroatoms. The summed E-state index contributed by atoms with van der Waals surface area (Å²) in [7, 11) is 0. The molecule has 0 unspecified atom stereocenters. The van der Waals surface area contributed by atoms with Crippen LogP contribution in [0.1, 0.15) is 40.5 Å². The Morgan fingerprint density at radius 2 is 2.22 bits per heavy atom. The summed E-state index contributed by atoms with van der Waals surface area (Å²) in [4.78, 5) is 21.5. The molecule has 167 valence electrons. The van der Waals surface area contributed by atoms with Gasteiger partial charge in [-0.3, -0.25) is 4.79 Å². The number of hydrogen-bond donors (Lipinski definition) is 2. The molecule has 1 fully saturated rings. The van der Waals surface area contributed by atoms with Crippen LogP contribution in [0.2, 0.25) is 0 Å². The maximum atomic E-state index is 14.4. The number of aliphatic hydroxyl groups excluding tert-OH is 1. The Balaban J connectivity index is 1.59. The molecule has 0 bridgehead atoms. The average Bonchev–Trinajstić information content (AvgIpc) is 3.29. The molecule has 1 aliphatic rings. The molecule has 1 radical (unpaired) electrons. The van der Waals surface area contributed by atoms with E-state index < -0.39 is 24.2 Å². The zero-order valence-corrected chi connectivity index (χ0v) is 19.3. The maximum Gasteiger partial charge on any atom is 0.199 e. The molecule has 32 heavy (non-hydrogen) atoms. The number of nitrogens with zero attached hydrogens (tertiary/aromatic N) is 3. The maximum absolute atomic E-state index is 14.4. The smallest absolute Gasteiger partial charge is 0.199 e. The van der Waals surface area contributed by atoms with Gasteiger partial charge in [-0.15, -0.1) is 0 Å². The van der Waals surface area contributed by atoms with Gasteiger partial charge in [0.1, 0.15) is 18.3 Å². The van der Waals surface area contributed by atoms with Gasteiger partial charge in [0.2, 0.25) is 0 Å². The molecule has 0 amide bonds. The fourth-order valence-electron chi connectivity index (χ4n) is 4.13. The predicted molar refractivity (Wildman–Crippen MR) is 124 cm³/mol. The molecule has 3 aromatic rings. The summed E-state index contributed by atoms with van der Waals surface area (Å²) < 4.78 is 17.5. The lowest BCUT2D eigenvalue weighted by molar-refractivity contribution is 0.0793. The Bertz CT molecular complexity index is 1120. The van der Waals surface area contributed by atoms with Crippen LogP contribution in [-0.4, -0.2) is 43.7 Å². The Kier molecular flexibility index (Phi) is 6.71. The zero-order chi connectivity index (χ0) is 22.8. The second-order valence-corrected chi connectivity index (χ2v) is 9.04. The number of anilines is 1. The Morgan fingerprint density at radius 3 is 2.91 bits per heavy atom. The Morgan fingerprint density at radius 1 is 1.41 bits per heavy atom. The molecule has 6 nitrogen and oxygen atoms in total. The number of carbonyl (C=O) groups is 1. The number of alkyl halides is 1. The molecule has 1 saturated carbocycles. The van der Waals surface area contributed by atoms with Gasteiger partial charge in [-0.05, 0) is 49.4 Å². The van der Waals surface area contributed by atoms with E-state index in [1.165, 1.54) is 12.5 Å². The summed E-state index contributed by atoms with van der Waals surface area (Å²) in [6.45, 7) is 6.47. The fourth-order valence-corrected chi connectivity index (χ4v) is 4.58. The third-order valence-corrected chi connectivity index (χ3v) is 6.37. The second kappa shape index (κ2) is 9.50. The molecular formula is C24H25BrFN4O2. The standard InChI is InChI=1S/C24H25BrFN4O2/c1-3-18-9-16(12-30(18)11-15-5-4-6-17(25)8-15)23(32)19-10-27-13-28-24(19)29-20-7-14(2)22(31)21(20)26/h4-6,8-10,12-14,20-22,31H,2-3,7,11H2,1H3,(H,27,28,29)/t14-,20-,21-,22-/m1/s1. The highest BCUT2D eigenvalue weighted by atomic mass is 79.9. The normalized spacial score (nSPS) is 22.8. The quantitative estimate of drug-likeness (QED) is 0.475. The lowest BCUT2D eigenvalue weighted by Crippen LogP contribution is -2.32. The largest absolute Gasteiger partial charge is 0.390 e. The van der Waals surface area contributed by atoms with E-state index in [2.05, 4.69) is 42.7 Å². The molecule has 2 heterocycles. The molecule has 4 atom stereocenters. The molecule has 0 saturated heterocycles. The van der Waals surface area contributed by atoms with Crippen LogP contribution in [0.25, 0.3) is 0 Å². The van der Waals surface area contributed by atoms with E-state index in [4.69, 9.17) is 0 Å². The number of aliphatic hydroxyl groups is 1. The van der Waals surface area contributed by atoms with E-state index in [-0.39, 0.29) is 17.2 Å². The minimum absolute atomic E-state index is 0.240. The van der Waals surface area contributed by atoms with Crippen molar-refractivity contribution in [2.75, 3.05) is 5.32 Å². The summed E-state index contributed by atoms with van der Waals surface area (Å²) in [5, 5.41) is 12.9. The van der Waals surface area contributed by atoms with Crippen molar-refractivity contribution in [1.29, 1.82) is 0 Å². The van der Waals surface area contributed by atoms with Gasteiger partial charge in [0.05, 0.1) is 17.7 Å². The molecule has 0 spiro atoms. The lowest BCUT2D eigenvalue weighted by Gasteiger charge is -2.18. The minimum Gasteiger partial charge on any atom is -0.390 e. The van der Waals surface area contributed by atoms with Crippen LogP contribution >= 0.6 is 15.9 Å². The van der Waals surface area contributed by atoms with Crippen LogP contribution in [0.3, 0.4) is 0 Å². The summed E-state index contributed by atoms with van der Waals surface area (Å²) in [5.74, 6) is -0.393. The second-order valence-electron chi connectivity index (χ2n) is 8.13. The zero-order valence-electron chi connectivity index (χ0n) is 17.7. The van der Waals surface area contributed by atoms with Gasteiger partial charge < -0.3 is 15.0 Å². The van der Waals surface area contributed by atoms with E-state index in [1.54, 1.807) is 0 Å². The van der Waals surface area contributed by atoms with Crippen molar-refractivity contribution in [3.05, 3.63) is 82.8 Å². The first-order chi connectivity index (χ1) is 15.4. The van der Waals surface area contributed by atoms with Crippen molar-refractivity contribution < 1.29 is 14.3 Å². The Hall–Kier alpha value is -2.58. The number of halogens is 2. The summed E-state index contributed by atoms with van der Waals surface area (Å²) in [6, 6.07) is 9.25. The van der Waals surface area contributed by atoms with E-state index in [0.717, 1.165) is 22.2 Å². The van der Waals surface area contributed by atoms with Crippen LogP contribution in [-0.2, 0) is 13.0 Å². The molecular weight excluding hydrogens is 475 g/mol. The number of aryl methyl sites for hydroxylation is 1. The van der Waals surface area contributed by atoms with Crippen molar-refractivity contribution in [2.24, 2.45) is 5.92 Å². The van der Waals surface area contributed by atoms with Gasteiger partial charge in [0, 0.05) is 34.7 Å². The van der Waals surface area contributed by atoms with Crippen LogP contribution in [0, 0.1) is 12.8 Å². The molecule has 2 N–H and O–H groups in total. The number of benzene rings is 1. The predicted octanol–water partition coefficient (Wildman–Crippen LogP) is 4.22. The van der Waals surface area contributed by atoms with Crippen LogP contribution < -0.4 is 5.32 Å². The van der Waals surface area contributed by atoms with E-state index in [0.29, 0.717) is 18.5 Å². The third-order valence-electron chi connectivity index (χ3n) is 5.88. The van der Waals surface area contributed by atoms with Crippen LogP contribution in [0.5, 0.6) is 0 Å². The molecule has 2 aromatic heterocycles. The van der Waals surface area contributed by atoms with E-state index in [1.807, 2.05) is 43.5 Å². The van der Waals surface area contributed by atoms with Crippen molar-refractivity contribution in [3.63, 3.8) is 0 Å². The van der Waals surface area contributed by atoms with Gasteiger partial charge in [-0.1, -0.05) is 35.0 Å². The number of aromatic nitrogens is 3. The van der Waals surface area contributed by atoms with E-state index >= 15 is 0 Å². The molecule has 1 aliphatic carbocycles. The topological polar surface area (TPSA) is 80.0 Å². The van der Waals surface area contributed by atoms with Crippen LogP contribution in [0.4, 0.5) is 10.2 Å². The summed E-state index contributed by atoms with van der Waals surface area (Å²) >= 11 is 3.49. The average molecular weight is 500 g/mol. The van der Waals surface area contributed by atoms with Gasteiger partial charge >= 0.3 is 0 Å². The molecule has 1 aromatic carbocycles. The minimum atomic E-state index is -1.48. The van der Waals surface area contributed by atoms with Crippen molar-refractivity contribution in [3.8, 4) is 0 Å². The first-order valence-electron chi connectivity index (χ1n) is 10.6. The number of rotatable bonds is 7. The number of carbonyl (C=O) groups excluding carboxylic acids is 1. The summed E-state index contributed by atoms with van der Waals surface area (Å²) in [5.41, 5.74) is 2.94. The van der Waals surface area contributed by atoms with Gasteiger partial charge in [0.15, 0.2) is 5.78 Å². The summed E-state index contributed by atoms with van der Waals surface area (Å²) in [6.07, 6.45) is 3.10. The van der Waals surface area contributed by atoms with Crippen molar-refractivity contribution >= 4 is 27.5 Å². The highest BCUT2D eigenvalue weighted by molar-refractivity contribution is 9.10. The number of nitrogens with one attached hydrogen (secondary N) is 1.